The maximum atomic E-state index is 11.4. The summed E-state index contributed by atoms with van der Waals surface area (Å²) in [6.45, 7) is 4.74. The second kappa shape index (κ2) is 8.11. The van der Waals surface area contributed by atoms with Crippen molar-refractivity contribution in [1.29, 1.82) is 0 Å². The largest absolute Gasteiger partial charge is 0.368 e. The summed E-state index contributed by atoms with van der Waals surface area (Å²) in [6.07, 6.45) is 0. The number of hydrogen-bond acceptors (Lipinski definition) is 9. The fourth-order valence-electron chi connectivity index (χ4n) is 3.21. The van der Waals surface area contributed by atoms with Crippen LogP contribution >= 0.6 is 11.6 Å². The molecule has 1 aliphatic heterocycles. The summed E-state index contributed by atoms with van der Waals surface area (Å²) in [6, 6.07) is 4.72. The predicted octanol–water partition coefficient (Wildman–Crippen LogP) is 1.96. The highest BCUT2D eigenvalue weighted by Gasteiger charge is 2.28. The van der Waals surface area contributed by atoms with E-state index in [1.165, 1.54) is 6.07 Å². The van der Waals surface area contributed by atoms with Gasteiger partial charge in [0.1, 0.15) is 5.69 Å². The van der Waals surface area contributed by atoms with Gasteiger partial charge in [-0.05, 0) is 19.1 Å². The summed E-state index contributed by atoms with van der Waals surface area (Å²) >= 11 is 5.92. The maximum absolute atomic E-state index is 11.4. The average molecular weight is 407 g/mol. The quantitative estimate of drug-likeness (QED) is 0.587. The Hall–Kier alpha value is -2.72. The number of nitrogens with zero attached hydrogens (tertiary/aromatic N) is 7. The maximum Gasteiger partial charge on any atom is 0.294 e. The molecule has 0 amide bonds. The van der Waals surface area contributed by atoms with Crippen LogP contribution in [0.4, 0.5) is 23.3 Å². The molecular formula is C17H23ClN8O2. The first-order valence-corrected chi connectivity index (χ1v) is 9.25. The number of nitrogen functional groups attached to an aromatic ring is 1. The Balaban J connectivity index is 1.73. The predicted molar refractivity (Wildman–Crippen MR) is 109 cm³/mol. The van der Waals surface area contributed by atoms with Gasteiger partial charge in [-0.3, -0.25) is 15.0 Å². The topological polar surface area (TPSA) is 118 Å². The molecule has 0 radical (unpaired) electrons. The number of anilines is 3. The van der Waals surface area contributed by atoms with E-state index in [4.69, 9.17) is 17.3 Å². The zero-order valence-electron chi connectivity index (χ0n) is 16.0. The Morgan fingerprint density at radius 1 is 1.21 bits per heavy atom. The first-order chi connectivity index (χ1) is 13.3. The number of nitrogens with two attached hydrogens (primary N) is 1. The lowest BCUT2D eigenvalue weighted by Crippen LogP contribution is -2.47. The molecule has 2 aromatic rings. The van der Waals surface area contributed by atoms with Crippen molar-refractivity contribution < 1.29 is 4.92 Å². The van der Waals surface area contributed by atoms with E-state index in [0.29, 0.717) is 48.7 Å². The molecule has 0 saturated carbocycles. The fraction of sp³-hybridized carbons (Fsp3) is 0.471. The molecule has 0 aliphatic carbocycles. The van der Waals surface area contributed by atoms with E-state index < -0.39 is 4.92 Å². The van der Waals surface area contributed by atoms with Crippen LogP contribution in [0.5, 0.6) is 0 Å². The third-order valence-corrected chi connectivity index (χ3v) is 5.00. The summed E-state index contributed by atoms with van der Waals surface area (Å²) in [7, 11) is 3.70. The lowest BCUT2D eigenvalue weighted by Gasteiger charge is -2.38. The van der Waals surface area contributed by atoms with Crippen LogP contribution in [0.25, 0.3) is 0 Å². The van der Waals surface area contributed by atoms with E-state index in [1.807, 2.05) is 25.9 Å². The highest BCUT2D eigenvalue weighted by Crippen LogP contribution is 2.32. The zero-order chi connectivity index (χ0) is 20.4. The normalized spacial score (nSPS) is 16.1. The Morgan fingerprint density at radius 3 is 2.50 bits per heavy atom. The average Bonchev–Trinajstić information content (AvgIpc) is 2.67. The van der Waals surface area contributed by atoms with Crippen LogP contribution in [-0.4, -0.2) is 65.0 Å². The number of piperazine rings is 1. The van der Waals surface area contributed by atoms with Gasteiger partial charge in [0.2, 0.25) is 11.9 Å². The Bertz CT molecular complexity index is 870. The van der Waals surface area contributed by atoms with E-state index in [2.05, 4.69) is 19.9 Å². The van der Waals surface area contributed by atoms with Crippen LogP contribution in [0.2, 0.25) is 5.02 Å². The van der Waals surface area contributed by atoms with Gasteiger partial charge in [-0.2, -0.15) is 15.0 Å². The summed E-state index contributed by atoms with van der Waals surface area (Å²) in [5, 5.41) is 11.7. The van der Waals surface area contributed by atoms with Crippen LogP contribution in [-0.2, 0) is 0 Å². The standard InChI is InChI=1S/C17H23ClN8O2/c1-11(15-20-16(19)22-17(21-15)23(2)3)24-6-8-25(9-7-24)13-5-4-12(18)10-14(13)26(27)28/h4-5,10-11H,6-9H2,1-3H3,(H2,19,20,21,22)/t11-/m1/s1. The molecule has 150 valence electrons. The number of hydrogen-bond donors (Lipinski definition) is 1. The zero-order valence-corrected chi connectivity index (χ0v) is 16.8. The third-order valence-electron chi connectivity index (χ3n) is 4.77. The van der Waals surface area contributed by atoms with Crippen molar-refractivity contribution >= 4 is 34.9 Å². The van der Waals surface area contributed by atoms with Gasteiger partial charge in [0, 0.05) is 51.4 Å². The molecule has 0 spiro atoms. The van der Waals surface area contributed by atoms with Crippen LogP contribution < -0.4 is 15.5 Å². The summed E-state index contributed by atoms with van der Waals surface area (Å²) < 4.78 is 0. The minimum atomic E-state index is -0.396. The number of benzene rings is 1. The minimum absolute atomic E-state index is 0.0230. The number of nitro benzene ring substituents is 1. The molecule has 1 fully saturated rings. The molecule has 1 aromatic heterocycles. The molecule has 28 heavy (non-hydrogen) atoms. The molecule has 0 unspecified atom stereocenters. The molecule has 0 bridgehead atoms. The molecule has 11 heteroatoms. The number of nitro groups is 1. The molecule has 10 nitrogen and oxygen atoms in total. The van der Waals surface area contributed by atoms with Crippen molar-refractivity contribution in [3.8, 4) is 0 Å². The third kappa shape index (κ3) is 4.23. The molecule has 3 rings (SSSR count). The first-order valence-electron chi connectivity index (χ1n) is 8.88. The van der Waals surface area contributed by atoms with Gasteiger partial charge >= 0.3 is 0 Å². The molecule has 2 N–H and O–H groups in total. The molecule has 1 aromatic carbocycles. The van der Waals surface area contributed by atoms with Crippen molar-refractivity contribution in [2.24, 2.45) is 0 Å². The van der Waals surface area contributed by atoms with Gasteiger partial charge in [-0.1, -0.05) is 11.6 Å². The van der Waals surface area contributed by atoms with Gasteiger partial charge in [-0.15, -0.1) is 0 Å². The smallest absolute Gasteiger partial charge is 0.294 e. The Kier molecular flexibility index (Phi) is 5.80. The lowest BCUT2D eigenvalue weighted by molar-refractivity contribution is -0.384. The molecular weight excluding hydrogens is 384 g/mol. The van der Waals surface area contributed by atoms with E-state index >= 15 is 0 Å². The lowest BCUT2D eigenvalue weighted by atomic mass is 10.2. The Labute approximate surface area is 168 Å². The highest BCUT2D eigenvalue weighted by molar-refractivity contribution is 6.30. The molecule has 2 heterocycles. The van der Waals surface area contributed by atoms with Crippen molar-refractivity contribution in [1.82, 2.24) is 19.9 Å². The van der Waals surface area contributed by atoms with E-state index in [9.17, 15) is 10.1 Å². The number of halogens is 1. The molecule has 1 atom stereocenters. The highest BCUT2D eigenvalue weighted by atomic mass is 35.5. The van der Waals surface area contributed by atoms with Crippen LogP contribution in [0.3, 0.4) is 0 Å². The van der Waals surface area contributed by atoms with Crippen molar-refractivity contribution in [2.75, 3.05) is 55.8 Å². The van der Waals surface area contributed by atoms with Crippen molar-refractivity contribution in [3.63, 3.8) is 0 Å². The van der Waals surface area contributed by atoms with Gasteiger partial charge < -0.3 is 15.5 Å². The molecule has 1 saturated heterocycles. The minimum Gasteiger partial charge on any atom is -0.368 e. The van der Waals surface area contributed by atoms with Crippen LogP contribution in [0.15, 0.2) is 18.2 Å². The summed E-state index contributed by atoms with van der Waals surface area (Å²) in [4.78, 5) is 29.9. The number of rotatable bonds is 5. The monoisotopic (exact) mass is 406 g/mol. The fourth-order valence-corrected chi connectivity index (χ4v) is 3.37. The van der Waals surface area contributed by atoms with Gasteiger partial charge in [-0.25, -0.2) is 0 Å². The van der Waals surface area contributed by atoms with E-state index in [0.717, 1.165) is 0 Å². The van der Waals surface area contributed by atoms with Gasteiger partial charge in [0.25, 0.3) is 5.69 Å². The van der Waals surface area contributed by atoms with Crippen molar-refractivity contribution in [2.45, 2.75) is 13.0 Å². The van der Waals surface area contributed by atoms with E-state index in [-0.39, 0.29) is 17.7 Å². The second-order valence-electron chi connectivity index (χ2n) is 6.84. The van der Waals surface area contributed by atoms with Gasteiger partial charge in [0.15, 0.2) is 5.82 Å². The van der Waals surface area contributed by atoms with Crippen LogP contribution in [0, 0.1) is 10.1 Å². The van der Waals surface area contributed by atoms with Crippen molar-refractivity contribution in [3.05, 3.63) is 39.2 Å². The van der Waals surface area contributed by atoms with Gasteiger partial charge in [0.05, 0.1) is 11.0 Å². The number of aromatic nitrogens is 3. The summed E-state index contributed by atoms with van der Waals surface area (Å²) in [5.41, 5.74) is 6.44. The van der Waals surface area contributed by atoms with Crippen LogP contribution in [0.1, 0.15) is 18.8 Å². The second-order valence-corrected chi connectivity index (χ2v) is 7.27. The SMILES string of the molecule is C[C@H](c1nc(N)nc(N(C)C)n1)N1CCN(c2ccc(Cl)cc2[N+](=O)[O-])CC1. The first kappa shape index (κ1) is 20.0. The summed E-state index contributed by atoms with van der Waals surface area (Å²) in [5.74, 6) is 1.32. The Morgan fingerprint density at radius 2 is 1.89 bits per heavy atom. The van der Waals surface area contributed by atoms with E-state index in [1.54, 1.807) is 17.0 Å². The molecule has 1 aliphatic rings.